The summed E-state index contributed by atoms with van der Waals surface area (Å²) in [6.45, 7) is 2.11. The summed E-state index contributed by atoms with van der Waals surface area (Å²) < 4.78 is 0. The predicted molar refractivity (Wildman–Crippen MR) is 40.6 cm³/mol. The zero-order chi connectivity index (χ0) is 6.53. The molecule has 0 bridgehead atoms. The third-order valence-corrected chi connectivity index (χ3v) is 1.29. The molecule has 1 heteroatoms. The molecule has 0 aromatic carbocycles. The van der Waals surface area contributed by atoms with Gasteiger partial charge in [0.15, 0.2) is 0 Å². The Labute approximate surface area is 55.8 Å². The number of aliphatic imine (C=N–C) groups is 1. The number of rotatable bonds is 1. The minimum atomic E-state index is 0.972. The van der Waals surface area contributed by atoms with Gasteiger partial charge in [-0.05, 0) is 12.5 Å². The van der Waals surface area contributed by atoms with Gasteiger partial charge < -0.3 is 0 Å². The fraction of sp³-hybridized carbons (Fsp3) is 0.375. The molecule has 9 heavy (non-hydrogen) atoms. The van der Waals surface area contributed by atoms with E-state index in [0.29, 0.717) is 0 Å². The van der Waals surface area contributed by atoms with E-state index in [9.17, 15) is 0 Å². The van der Waals surface area contributed by atoms with E-state index in [4.69, 9.17) is 0 Å². The van der Waals surface area contributed by atoms with Gasteiger partial charge in [-0.3, -0.25) is 4.99 Å². The highest BCUT2D eigenvalue weighted by Crippen LogP contribution is 2.04. The van der Waals surface area contributed by atoms with Crippen LogP contribution in [-0.2, 0) is 0 Å². The number of hydrogen-bond acceptors (Lipinski definition) is 1. The van der Waals surface area contributed by atoms with E-state index in [0.717, 1.165) is 12.8 Å². The van der Waals surface area contributed by atoms with Crippen molar-refractivity contribution in [1.29, 1.82) is 0 Å². The second kappa shape index (κ2) is 3.23. The number of hydrogen-bond donors (Lipinski definition) is 0. The zero-order valence-electron chi connectivity index (χ0n) is 5.67. The van der Waals surface area contributed by atoms with Gasteiger partial charge in [0.25, 0.3) is 0 Å². The summed E-state index contributed by atoms with van der Waals surface area (Å²) in [4.78, 5) is 4.22. The Morgan fingerprint density at radius 2 is 2.56 bits per heavy atom. The first-order valence-corrected chi connectivity index (χ1v) is 3.31. The number of allylic oxidation sites excluding steroid dienone is 4. The normalized spacial score (nSPS) is 17.2. The lowest BCUT2D eigenvalue weighted by Gasteiger charge is -1.89. The van der Waals surface area contributed by atoms with Crippen molar-refractivity contribution in [3.63, 3.8) is 0 Å². The summed E-state index contributed by atoms with van der Waals surface area (Å²) in [7, 11) is 0. The van der Waals surface area contributed by atoms with Crippen LogP contribution >= 0.6 is 0 Å². The molecule has 48 valence electrons. The van der Waals surface area contributed by atoms with Crippen LogP contribution in [0, 0.1) is 0 Å². The van der Waals surface area contributed by atoms with Crippen LogP contribution < -0.4 is 0 Å². The average Bonchev–Trinajstić information content (AvgIpc) is 2.13. The molecule has 0 saturated heterocycles. The molecular formula is C8H11N. The third-order valence-electron chi connectivity index (χ3n) is 1.29. The Morgan fingerprint density at radius 1 is 1.67 bits per heavy atom. The average molecular weight is 121 g/mol. The van der Waals surface area contributed by atoms with Crippen molar-refractivity contribution in [3.8, 4) is 0 Å². The molecule has 0 saturated carbocycles. The molecule has 0 radical (unpaired) electrons. The molecule has 0 aliphatic carbocycles. The van der Waals surface area contributed by atoms with E-state index in [2.05, 4.69) is 30.1 Å². The summed E-state index contributed by atoms with van der Waals surface area (Å²) in [5, 5.41) is 0. The molecule has 1 aliphatic rings. The predicted octanol–water partition coefficient (Wildman–Crippen LogP) is 2.31. The van der Waals surface area contributed by atoms with Gasteiger partial charge in [0.1, 0.15) is 0 Å². The van der Waals surface area contributed by atoms with Gasteiger partial charge in [-0.1, -0.05) is 19.1 Å². The molecule has 1 heterocycles. The quantitative estimate of drug-likeness (QED) is 0.504. The van der Waals surface area contributed by atoms with E-state index in [-0.39, 0.29) is 0 Å². The van der Waals surface area contributed by atoms with Gasteiger partial charge in [0.05, 0.1) is 0 Å². The Kier molecular flexibility index (Phi) is 2.25. The maximum atomic E-state index is 4.22. The monoisotopic (exact) mass is 121 g/mol. The maximum absolute atomic E-state index is 4.22. The molecular weight excluding hydrogens is 110 g/mol. The third kappa shape index (κ3) is 1.84. The summed E-state index contributed by atoms with van der Waals surface area (Å²) in [5.74, 6) is 0. The summed E-state index contributed by atoms with van der Waals surface area (Å²) in [6, 6.07) is 0. The van der Waals surface area contributed by atoms with Gasteiger partial charge in [0.2, 0.25) is 0 Å². The van der Waals surface area contributed by atoms with Gasteiger partial charge >= 0.3 is 0 Å². The van der Waals surface area contributed by atoms with Crippen molar-refractivity contribution in [2.75, 3.05) is 0 Å². The molecule has 0 fully saturated rings. The molecule has 0 N–H and O–H groups in total. The van der Waals surface area contributed by atoms with Crippen molar-refractivity contribution in [3.05, 3.63) is 23.9 Å². The van der Waals surface area contributed by atoms with Crippen LogP contribution in [0.5, 0.6) is 0 Å². The van der Waals surface area contributed by atoms with Crippen molar-refractivity contribution >= 4 is 6.21 Å². The highest BCUT2D eigenvalue weighted by Gasteiger charge is 1.87. The fourth-order valence-corrected chi connectivity index (χ4v) is 0.741. The van der Waals surface area contributed by atoms with Crippen molar-refractivity contribution in [2.24, 2.45) is 4.99 Å². The van der Waals surface area contributed by atoms with Crippen LogP contribution in [0.15, 0.2) is 28.9 Å². The van der Waals surface area contributed by atoms with Crippen LogP contribution in [0.1, 0.15) is 19.8 Å². The SMILES string of the molecule is CCC1=CC=CCC=N1. The van der Waals surface area contributed by atoms with Gasteiger partial charge in [-0.15, -0.1) is 0 Å². The number of nitrogens with zero attached hydrogens (tertiary/aromatic N) is 1. The van der Waals surface area contributed by atoms with Gasteiger partial charge in [-0.25, -0.2) is 0 Å². The minimum Gasteiger partial charge on any atom is -0.265 e. The molecule has 0 amide bonds. The maximum Gasteiger partial charge on any atom is 0.0396 e. The molecule has 0 aromatic heterocycles. The van der Waals surface area contributed by atoms with Crippen molar-refractivity contribution < 1.29 is 0 Å². The Hall–Kier alpha value is -0.850. The lowest BCUT2D eigenvalue weighted by atomic mass is 10.3. The Bertz CT molecular complexity index is 163. The van der Waals surface area contributed by atoms with Crippen molar-refractivity contribution in [2.45, 2.75) is 19.8 Å². The molecule has 1 nitrogen and oxygen atoms in total. The second-order valence-corrected chi connectivity index (χ2v) is 1.99. The Balaban J connectivity index is 2.67. The first-order valence-electron chi connectivity index (χ1n) is 3.31. The highest BCUT2D eigenvalue weighted by atomic mass is 14.7. The molecule has 1 aliphatic heterocycles. The smallest absolute Gasteiger partial charge is 0.0396 e. The van der Waals surface area contributed by atoms with Crippen LogP contribution in [0.4, 0.5) is 0 Å². The van der Waals surface area contributed by atoms with Gasteiger partial charge in [-0.2, -0.15) is 0 Å². The van der Waals surface area contributed by atoms with E-state index >= 15 is 0 Å². The molecule has 0 atom stereocenters. The van der Waals surface area contributed by atoms with Crippen molar-refractivity contribution in [1.82, 2.24) is 0 Å². The first kappa shape index (κ1) is 6.27. The summed E-state index contributed by atoms with van der Waals surface area (Å²) in [6.07, 6.45) is 10.2. The fourth-order valence-electron chi connectivity index (χ4n) is 0.741. The van der Waals surface area contributed by atoms with Gasteiger partial charge in [0, 0.05) is 18.3 Å². The van der Waals surface area contributed by atoms with E-state index in [1.807, 2.05) is 6.21 Å². The van der Waals surface area contributed by atoms with Crippen LogP contribution in [-0.4, -0.2) is 6.21 Å². The zero-order valence-corrected chi connectivity index (χ0v) is 5.67. The highest BCUT2D eigenvalue weighted by molar-refractivity contribution is 5.62. The summed E-state index contributed by atoms with van der Waals surface area (Å²) in [5.41, 5.74) is 1.17. The molecule has 0 spiro atoms. The van der Waals surface area contributed by atoms with Crippen LogP contribution in [0.2, 0.25) is 0 Å². The summed E-state index contributed by atoms with van der Waals surface area (Å²) >= 11 is 0. The first-order chi connectivity index (χ1) is 4.43. The standard InChI is InChI=1S/C8H11N/c1-2-8-6-4-3-5-7-9-8/h3-4,6-7H,2,5H2,1H3. The van der Waals surface area contributed by atoms with Crippen LogP contribution in [0.25, 0.3) is 0 Å². The lowest BCUT2D eigenvalue weighted by Crippen LogP contribution is -1.72. The topological polar surface area (TPSA) is 12.4 Å². The minimum absolute atomic E-state index is 0.972. The molecule has 0 aromatic rings. The molecule has 1 rings (SSSR count). The lowest BCUT2D eigenvalue weighted by molar-refractivity contribution is 1.07. The Morgan fingerprint density at radius 3 is 3.33 bits per heavy atom. The van der Waals surface area contributed by atoms with E-state index in [1.54, 1.807) is 0 Å². The van der Waals surface area contributed by atoms with E-state index in [1.165, 1.54) is 5.70 Å². The van der Waals surface area contributed by atoms with Crippen LogP contribution in [0.3, 0.4) is 0 Å². The largest absolute Gasteiger partial charge is 0.265 e. The molecule has 0 unspecified atom stereocenters. The van der Waals surface area contributed by atoms with E-state index < -0.39 is 0 Å². The second-order valence-electron chi connectivity index (χ2n) is 1.99.